The molecule has 0 bridgehead atoms. The van der Waals surface area contributed by atoms with Crippen molar-refractivity contribution in [3.63, 3.8) is 0 Å². The number of rotatable bonds is 7. The minimum Gasteiger partial charge on any atom is -0.485 e. The van der Waals surface area contributed by atoms with E-state index in [1.54, 1.807) is 30.3 Å². The first-order valence-electron chi connectivity index (χ1n) is 9.04. The van der Waals surface area contributed by atoms with Crippen LogP contribution in [0.25, 0.3) is 0 Å². The van der Waals surface area contributed by atoms with E-state index in [1.165, 1.54) is 0 Å². The number of halogens is 1. The molecule has 29 heavy (non-hydrogen) atoms. The highest BCUT2D eigenvalue weighted by molar-refractivity contribution is 6.31. The van der Waals surface area contributed by atoms with Gasteiger partial charge in [-0.25, -0.2) is 0 Å². The summed E-state index contributed by atoms with van der Waals surface area (Å²) in [6.07, 6.45) is 0. The van der Waals surface area contributed by atoms with Crippen LogP contribution in [-0.2, 0) is 11.4 Å². The fourth-order valence-electron chi connectivity index (χ4n) is 2.57. The highest BCUT2D eigenvalue weighted by Gasteiger charge is 2.13. The molecule has 150 valence electrons. The molecule has 1 heterocycles. The van der Waals surface area contributed by atoms with E-state index in [4.69, 9.17) is 20.8 Å². The zero-order valence-electron chi connectivity index (χ0n) is 16.1. The summed E-state index contributed by atoms with van der Waals surface area (Å²) in [5.41, 5.74) is 2.49. The first-order valence-corrected chi connectivity index (χ1v) is 9.41. The second kappa shape index (κ2) is 9.30. The molecule has 0 fully saturated rings. The molecule has 0 saturated heterocycles. The quantitative estimate of drug-likeness (QED) is 0.598. The largest absolute Gasteiger partial charge is 0.485 e. The molecular weight excluding hydrogens is 392 g/mol. The number of ether oxygens (including phenoxy) is 1. The number of furan rings is 1. The number of para-hydroxylation sites is 1. The summed E-state index contributed by atoms with van der Waals surface area (Å²) < 4.78 is 11.2. The Labute approximate surface area is 173 Å². The fraction of sp³-hybridized carbons (Fsp3) is 0.182. The van der Waals surface area contributed by atoms with Crippen LogP contribution in [0.15, 0.2) is 59.0 Å². The molecule has 0 spiro atoms. The summed E-state index contributed by atoms with van der Waals surface area (Å²) >= 11 is 6.04. The van der Waals surface area contributed by atoms with Gasteiger partial charge in [-0.15, -0.1) is 0 Å². The second-order valence-electron chi connectivity index (χ2n) is 6.51. The first-order chi connectivity index (χ1) is 13.9. The van der Waals surface area contributed by atoms with E-state index in [0.29, 0.717) is 16.5 Å². The Balaban J connectivity index is 1.49. The molecule has 0 atom stereocenters. The van der Waals surface area contributed by atoms with Crippen LogP contribution in [0.1, 0.15) is 27.4 Å². The summed E-state index contributed by atoms with van der Waals surface area (Å²) in [4.78, 5) is 24.2. The van der Waals surface area contributed by atoms with E-state index in [1.807, 2.05) is 38.1 Å². The Kier molecular flexibility index (Phi) is 6.57. The van der Waals surface area contributed by atoms with Gasteiger partial charge in [0, 0.05) is 10.7 Å². The molecule has 3 rings (SSSR count). The minimum absolute atomic E-state index is 0.111. The summed E-state index contributed by atoms with van der Waals surface area (Å²) in [6, 6.07) is 16.1. The Bertz CT molecular complexity index is 1030. The molecule has 6 nitrogen and oxygen atoms in total. The lowest BCUT2D eigenvalue weighted by atomic mass is 10.2. The lowest BCUT2D eigenvalue weighted by Gasteiger charge is -2.08. The topological polar surface area (TPSA) is 80.6 Å². The number of hydrogen-bond acceptors (Lipinski definition) is 4. The zero-order valence-corrected chi connectivity index (χ0v) is 16.9. The van der Waals surface area contributed by atoms with Crippen LogP contribution in [0.4, 0.5) is 5.69 Å². The minimum atomic E-state index is -0.482. The average molecular weight is 413 g/mol. The van der Waals surface area contributed by atoms with Gasteiger partial charge in [0.05, 0.1) is 6.54 Å². The maximum atomic E-state index is 12.2. The van der Waals surface area contributed by atoms with Crippen LogP contribution in [-0.4, -0.2) is 18.4 Å². The van der Waals surface area contributed by atoms with Crippen molar-refractivity contribution in [2.24, 2.45) is 0 Å². The summed E-state index contributed by atoms with van der Waals surface area (Å²) in [6.45, 7) is 3.83. The van der Waals surface area contributed by atoms with Gasteiger partial charge in [-0.05, 0) is 55.3 Å². The lowest BCUT2D eigenvalue weighted by Crippen LogP contribution is -2.32. The fourth-order valence-corrected chi connectivity index (χ4v) is 2.75. The smallest absolute Gasteiger partial charge is 0.287 e. The molecule has 0 unspecified atom stereocenters. The molecule has 3 aromatic rings. The van der Waals surface area contributed by atoms with Gasteiger partial charge in [0.15, 0.2) is 5.76 Å². The van der Waals surface area contributed by atoms with Crippen molar-refractivity contribution in [3.05, 3.63) is 82.3 Å². The number of nitrogens with one attached hydrogen (secondary N) is 2. The van der Waals surface area contributed by atoms with E-state index in [-0.39, 0.29) is 24.8 Å². The summed E-state index contributed by atoms with van der Waals surface area (Å²) in [5.74, 6) is 0.525. The zero-order chi connectivity index (χ0) is 20.8. The normalized spacial score (nSPS) is 10.4. The monoisotopic (exact) mass is 412 g/mol. The molecule has 0 aliphatic rings. The van der Waals surface area contributed by atoms with E-state index < -0.39 is 5.91 Å². The lowest BCUT2D eigenvalue weighted by molar-refractivity contribution is -0.115. The van der Waals surface area contributed by atoms with E-state index in [9.17, 15) is 9.59 Å². The van der Waals surface area contributed by atoms with Crippen molar-refractivity contribution in [3.8, 4) is 5.75 Å². The van der Waals surface area contributed by atoms with Crippen molar-refractivity contribution in [2.75, 3.05) is 11.9 Å². The van der Waals surface area contributed by atoms with Gasteiger partial charge in [0.2, 0.25) is 5.91 Å². The molecule has 2 aromatic carbocycles. The van der Waals surface area contributed by atoms with Gasteiger partial charge in [-0.2, -0.15) is 0 Å². The van der Waals surface area contributed by atoms with Crippen LogP contribution >= 0.6 is 11.6 Å². The Morgan fingerprint density at radius 1 is 1.03 bits per heavy atom. The van der Waals surface area contributed by atoms with Crippen LogP contribution in [0.3, 0.4) is 0 Å². The first kappa shape index (κ1) is 20.5. The van der Waals surface area contributed by atoms with Crippen LogP contribution in [0, 0.1) is 13.8 Å². The molecule has 0 radical (unpaired) electrons. The van der Waals surface area contributed by atoms with Gasteiger partial charge in [-0.3, -0.25) is 9.59 Å². The SMILES string of the molecule is Cc1ccc(NC(=O)CNC(=O)c2ccc(COc3ccccc3C)o2)cc1Cl. The molecule has 0 aliphatic carbocycles. The van der Waals surface area contributed by atoms with Gasteiger partial charge < -0.3 is 19.8 Å². The standard InChI is InChI=1S/C22H21ClN2O4/c1-14-7-8-16(11-18(14)23)25-21(26)12-24-22(27)20-10-9-17(29-20)13-28-19-6-4-3-5-15(19)2/h3-11H,12-13H2,1-2H3,(H,24,27)(H,25,26). The number of hydrogen-bond donors (Lipinski definition) is 2. The van der Waals surface area contributed by atoms with Gasteiger partial charge in [-0.1, -0.05) is 35.9 Å². The predicted octanol–water partition coefficient (Wildman–Crippen LogP) is 4.50. The third-order valence-corrected chi connectivity index (χ3v) is 4.62. The highest BCUT2D eigenvalue weighted by Crippen LogP contribution is 2.20. The number of amides is 2. The van der Waals surface area contributed by atoms with Crippen LogP contribution in [0.2, 0.25) is 5.02 Å². The Morgan fingerprint density at radius 2 is 1.83 bits per heavy atom. The van der Waals surface area contributed by atoms with Crippen molar-refractivity contribution in [1.29, 1.82) is 0 Å². The number of aryl methyl sites for hydroxylation is 2. The average Bonchev–Trinajstić information content (AvgIpc) is 3.17. The molecule has 0 aliphatic heterocycles. The highest BCUT2D eigenvalue weighted by atomic mass is 35.5. The Morgan fingerprint density at radius 3 is 2.59 bits per heavy atom. The summed E-state index contributed by atoms with van der Waals surface area (Å²) in [5, 5.41) is 5.76. The Hall–Kier alpha value is -3.25. The number of benzene rings is 2. The van der Waals surface area contributed by atoms with Crippen LogP contribution in [0.5, 0.6) is 5.75 Å². The molecule has 1 aromatic heterocycles. The predicted molar refractivity (Wildman–Crippen MR) is 111 cm³/mol. The van der Waals surface area contributed by atoms with Crippen LogP contribution < -0.4 is 15.4 Å². The third kappa shape index (κ3) is 5.62. The molecule has 2 N–H and O–H groups in total. The van der Waals surface area contributed by atoms with Crippen molar-refractivity contribution >= 4 is 29.1 Å². The van der Waals surface area contributed by atoms with E-state index in [0.717, 1.165) is 16.9 Å². The van der Waals surface area contributed by atoms with Crippen molar-refractivity contribution < 1.29 is 18.7 Å². The second-order valence-corrected chi connectivity index (χ2v) is 6.92. The van der Waals surface area contributed by atoms with Gasteiger partial charge >= 0.3 is 0 Å². The van der Waals surface area contributed by atoms with Gasteiger partial charge in [0.25, 0.3) is 5.91 Å². The molecule has 7 heteroatoms. The number of carbonyl (C=O) groups excluding carboxylic acids is 2. The molecule has 0 saturated carbocycles. The maximum absolute atomic E-state index is 12.2. The maximum Gasteiger partial charge on any atom is 0.287 e. The third-order valence-electron chi connectivity index (χ3n) is 4.21. The van der Waals surface area contributed by atoms with E-state index >= 15 is 0 Å². The number of anilines is 1. The van der Waals surface area contributed by atoms with Crippen molar-refractivity contribution in [2.45, 2.75) is 20.5 Å². The molecule has 2 amide bonds. The van der Waals surface area contributed by atoms with E-state index in [2.05, 4.69) is 10.6 Å². The molecular formula is C22H21ClN2O4. The van der Waals surface area contributed by atoms with Gasteiger partial charge in [0.1, 0.15) is 18.1 Å². The van der Waals surface area contributed by atoms with Crippen molar-refractivity contribution in [1.82, 2.24) is 5.32 Å². The summed E-state index contributed by atoms with van der Waals surface area (Å²) in [7, 11) is 0. The number of carbonyl (C=O) groups is 2.